The van der Waals surface area contributed by atoms with Gasteiger partial charge in [-0.15, -0.1) is 11.3 Å². The number of halogens is 7. The Kier molecular flexibility index (Phi) is 10.5. The number of alkyl halides is 6. The van der Waals surface area contributed by atoms with Crippen LogP contribution in [0.5, 0.6) is 5.75 Å². The number of nitrogens with zero attached hydrogens (tertiary/aromatic N) is 1. The number of anilines is 2. The van der Waals surface area contributed by atoms with Crippen LogP contribution >= 0.6 is 11.3 Å². The van der Waals surface area contributed by atoms with Gasteiger partial charge < -0.3 is 20.3 Å². The van der Waals surface area contributed by atoms with E-state index in [1.807, 2.05) is 4.90 Å². The zero-order chi connectivity index (χ0) is 36.6. The number of piperidine rings is 1. The lowest BCUT2D eigenvalue weighted by Gasteiger charge is -2.33. The quantitative estimate of drug-likeness (QED) is 0.170. The highest BCUT2D eigenvalue weighted by Crippen LogP contribution is 2.41. The molecule has 1 saturated heterocycles. The number of likely N-dealkylation sites (tertiary alicyclic amines) is 1. The van der Waals surface area contributed by atoms with Gasteiger partial charge in [-0.3, -0.25) is 9.59 Å². The standard InChI is InChI=1S/C33H30F7N3O5S2/c1-48-26-10-5-18(19-4-3-11-43(17-19)12-13-50(2,46)47)14-23(26)30(44)42-28-22-8-6-20(32(35,36)37)15-27(22)49-29(28)31(45)41-21-7-9-25(34)24(16-21)33(38,39)40/h5-10,14-16,19H,3-4,11-13,17H2,1-2H3,(H,41,45)(H,42,44). The van der Waals surface area contributed by atoms with Crippen molar-refractivity contribution in [1.29, 1.82) is 0 Å². The predicted molar refractivity (Wildman–Crippen MR) is 175 cm³/mol. The van der Waals surface area contributed by atoms with Crippen LogP contribution in [0, 0.1) is 5.82 Å². The molecule has 50 heavy (non-hydrogen) atoms. The lowest BCUT2D eigenvalue weighted by Crippen LogP contribution is -2.37. The molecule has 1 unspecified atom stereocenters. The van der Waals surface area contributed by atoms with Crippen LogP contribution in [0.1, 0.15) is 55.5 Å². The number of sulfone groups is 1. The number of amides is 2. The topological polar surface area (TPSA) is 105 Å². The molecule has 1 aliphatic heterocycles. The van der Waals surface area contributed by atoms with Crippen molar-refractivity contribution in [3.8, 4) is 5.75 Å². The third kappa shape index (κ3) is 8.55. The van der Waals surface area contributed by atoms with Gasteiger partial charge in [-0.2, -0.15) is 26.3 Å². The molecular formula is C33H30F7N3O5S2. The Hall–Kier alpha value is -4.22. The van der Waals surface area contributed by atoms with Gasteiger partial charge in [0, 0.05) is 35.1 Å². The van der Waals surface area contributed by atoms with Gasteiger partial charge in [0.15, 0.2) is 0 Å². The van der Waals surface area contributed by atoms with E-state index in [1.165, 1.54) is 7.11 Å². The molecule has 2 heterocycles. The number of thiophene rings is 1. The second kappa shape index (κ2) is 14.2. The molecule has 1 atom stereocenters. The van der Waals surface area contributed by atoms with Crippen LogP contribution < -0.4 is 15.4 Å². The molecule has 2 N–H and O–H groups in total. The summed E-state index contributed by atoms with van der Waals surface area (Å²) in [4.78, 5) is 29.0. The van der Waals surface area contributed by atoms with Gasteiger partial charge in [0.2, 0.25) is 0 Å². The molecule has 1 aromatic heterocycles. The second-order valence-corrected chi connectivity index (χ2v) is 15.2. The van der Waals surface area contributed by atoms with E-state index in [2.05, 4.69) is 10.6 Å². The van der Waals surface area contributed by atoms with Gasteiger partial charge in [-0.1, -0.05) is 12.1 Å². The molecule has 1 fully saturated rings. The molecule has 5 rings (SSSR count). The largest absolute Gasteiger partial charge is 0.496 e. The first kappa shape index (κ1) is 37.0. The van der Waals surface area contributed by atoms with E-state index in [0.717, 1.165) is 48.9 Å². The minimum absolute atomic E-state index is 0.00435. The maximum absolute atomic E-state index is 13.9. The Labute approximate surface area is 286 Å². The van der Waals surface area contributed by atoms with Crippen molar-refractivity contribution in [1.82, 2.24) is 4.90 Å². The molecule has 8 nitrogen and oxygen atoms in total. The summed E-state index contributed by atoms with van der Waals surface area (Å²) in [6, 6.07) is 9.33. The molecule has 3 aromatic carbocycles. The van der Waals surface area contributed by atoms with Crippen molar-refractivity contribution in [3.05, 3.63) is 87.5 Å². The first-order valence-electron chi connectivity index (χ1n) is 15.0. The number of carbonyl (C=O) groups excluding carboxylic acids is 2. The zero-order valence-corrected chi connectivity index (χ0v) is 28.1. The van der Waals surface area contributed by atoms with E-state index in [1.54, 1.807) is 18.2 Å². The van der Waals surface area contributed by atoms with Crippen LogP contribution in [0.15, 0.2) is 54.6 Å². The highest BCUT2D eigenvalue weighted by atomic mass is 32.2. The number of ether oxygens (including phenoxy) is 1. The number of nitrogens with one attached hydrogen (secondary N) is 2. The Morgan fingerprint density at radius 2 is 1.70 bits per heavy atom. The van der Waals surface area contributed by atoms with Crippen LogP contribution in [0.3, 0.4) is 0 Å². The van der Waals surface area contributed by atoms with Gasteiger partial charge in [-0.05, 0) is 73.3 Å². The number of rotatable bonds is 9. The molecule has 268 valence electrons. The van der Waals surface area contributed by atoms with E-state index in [0.29, 0.717) is 43.1 Å². The van der Waals surface area contributed by atoms with Crippen LogP contribution in [0.25, 0.3) is 10.1 Å². The number of carbonyl (C=O) groups is 2. The second-order valence-electron chi connectivity index (χ2n) is 11.8. The molecule has 1 aliphatic rings. The van der Waals surface area contributed by atoms with Crippen molar-refractivity contribution in [2.45, 2.75) is 31.1 Å². The smallest absolute Gasteiger partial charge is 0.419 e. The van der Waals surface area contributed by atoms with E-state index in [9.17, 15) is 48.7 Å². The molecule has 4 aromatic rings. The van der Waals surface area contributed by atoms with Gasteiger partial charge in [0.05, 0.1) is 35.2 Å². The molecule has 0 radical (unpaired) electrons. The highest BCUT2D eigenvalue weighted by molar-refractivity contribution is 7.90. The number of hydrogen-bond acceptors (Lipinski definition) is 7. The van der Waals surface area contributed by atoms with Crippen molar-refractivity contribution >= 4 is 54.4 Å². The lowest BCUT2D eigenvalue weighted by atomic mass is 9.89. The normalized spacial score (nSPS) is 16.0. The first-order chi connectivity index (χ1) is 23.3. The Morgan fingerprint density at radius 3 is 2.36 bits per heavy atom. The lowest BCUT2D eigenvalue weighted by molar-refractivity contribution is -0.140. The van der Waals surface area contributed by atoms with Gasteiger partial charge in [0.25, 0.3) is 11.8 Å². The Balaban J connectivity index is 1.49. The van der Waals surface area contributed by atoms with Crippen LogP contribution in [-0.4, -0.2) is 63.9 Å². The van der Waals surface area contributed by atoms with E-state index in [-0.39, 0.29) is 43.6 Å². The number of fused-ring (bicyclic) bond motifs is 1. The summed E-state index contributed by atoms with van der Waals surface area (Å²) >= 11 is 0.571. The molecule has 0 bridgehead atoms. The van der Waals surface area contributed by atoms with E-state index in [4.69, 9.17) is 4.74 Å². The molecule has 17 heteroatoms. The maximum atomic E-state index is 13.9. The summed E-state index contributed by atoms with van der Waals surface area (Å²) in [5.41, 5.74) is -2.53. The average molecular weight is 746 g/mol. The number of benzene rings is 3. The molecule has 0 spiro atoms. The maximum Gasteiger partial charge on any atom is 0.419 e. The summed E-state index contributed by atoms with van der Waals surface area (Å²) < 4.78 is 123. The average Bonchev–Trinajstić information content (AvgIpc) is 3.40. The minimum Gasteiger partial charge on any atom is -0.496 e. The van der Waals surface area contributed by atoms with Crippen molar-refractivity contribution in [3.63, 3.8) is 0 Å². The summed E-state index contributed by atoms with van der Waals surface area (Å²) in [5, 5.41) is 4.88. The fourth-order valence-corrected chi connectivity index (χ4v) is 7.41. The van der Waals surface area contributed by atoms with E-state index < -0.39 is 56.6 Å². The molecule has 0 saturated carbocycles. The van der Waals surface area contributed by atoms with Gasteiger partial charge >= 0.3 is 12.4 Å². The summed E-state index contributed by atoms with van der Waals surface area (Å²) in [5.74, 6) is -3.35. The monoisotopic (exact) mass is 745 g/mol. The Morgan fingerprint density at radius 1 is 0.960 bits per heavy atom. The minimum atomic E-state index is -5.07. The van der Waals surface area contributed by atoms with Crippen molar-refractivity contribution in [2.24, 2.45) is 0 Å². The first-order valence-corrected chi connectivity index (χ1v) is 17.9. The summed E-state index contributed by atoms with van der Waals surface area (Å²) in [7, 11) is -1.85. The fraction of sp³-hybridized carbons (Fsp3) is 0.333. The molecular weight excluding hydrogens is 715 g/mol. The summed E-state index contributed by atoms with van der Waals surface area (Å²) in [6.07, 6.45) is -7.12. The highest BCUT2D eigenvalue weighted by Gasteiger charge is 2.35. The number of hydrogen-bond donors (Lipinski definition) is 2. The van der Waals surface area contributed by atoms with E-state index >= 15 is 0 Å². The predicted octanol–water partition coefficient (Wildman–Crippen LogP) is 7.82. The fourth-order valence-electron chi connectivity index (χ4n) is 5.73. The third-order valence-corrected chi connectivity index (χ3v) is 10.3. The summed E-state index contributed by atoms with van der Waals surface area (Å²) in [6.45, 7) is 1.58. The Bertz CT molecular complexity index is 2050. The SMILES string of the molecule is COc1ccc(C2CCCN(CCS(C)(=O)=O)C2)cc1C(=O)Nc1c(C(=O)Nc2ccc(F)c(C(F)(F)F)c2)sc2cc(C(F)(F)F)ccc12. The van der Waals surface area contributed by atoms with Crippen LogP contribution in [-0.2, 0) is 22.2 Å². The third-order valence-electron chi connectivity index (χ3n) is 8.22. The van der Waals surface area contributed by atoms with Gasteiger partial charge in [0.1, 0.15) is 26.3 Å². The van der Waals surface area contributed by atoms with Crippen LogP contribution in [0.2, 0.25) is 0 Å². The molecule has 0 aliphatic carbocycles. The van der Waals surface area contributed by atoms with Crippen molar-refractivity contribution < 1.29 is 53.5 Å². The van der Waals surface area contributed by atoms with Crippen LogP contribution in [0.4, 0.5) is 42.1 Å². The number of methoxy groups -OCH3 is 1. The van der Waals surface area contributed by atoms with Crippen molar-refractivity contribution in [2.75, 3.05) is 49.4 Å². The zero-order valence-electron chi connectivity index (χ0n) is 26.5. The molecule has 2 amide bonds. The van der Waals surface area contributed by atoms with Gasteiger partial charge in [-0.25, -0.2) is 12.8 Å².